The number of amides is 1. The highest BCUT2D eigenvalue weighted by Crippen LogP contribution is 2.47. The van der Waals surface area contributed by atoms with Gasteiger partial charge in [0.25, 0.3) is 0 Å². The monoisotopic (exact) mass is 369 g/mol. The summed E-state index contributed by atoms with van der Waals surface area (Å²) in [5, 5.41) is 0. The summed E-state index contributed by atoms with van der Waals surface area (Å²) in [4.78, 5) is 39.6. The van der Waals surface area contributed by atoms with Crippen LogP contribution in [0.25, 0.3) is 0 Å². The van der Waals surface area contributed by atoms with Gasteiger partial charge in [-0.2, -0.15) is 0 Å². The summed E-state index contributed by atoms with van der Waals surface area (Å²) in [6.07, 6.45) is 5.08. The predicted molar refractivity (Wildman–Crippen MR) is 100 cm³/mol. The standard InChI is InChI=1S/C22H27NO4/c1-16(24)21(17-7-3-2-4-8-17)11-13-23(14-12-21)20(26)18-15-19(25)27-22(18)9-5-6-10-22/h2-4,7-8,18H,5-6,9-15H2,1H3/t18-/m1/s1. The smallest absolute Gasteiger partial charge is 0.307 e. The van der Waals surface area contributed by atoms with Gasteiger partial charge in [0, 0.05) is 13.1 Å². The lowest BCUT2D eigenvalue weighted by atomic mass is 9.70. The Morgan fingerprint density at radius 3 is 2.26 bits per heavy atom. The Labute approximate surface area is 160 Å². The zero-order valence-electron chi connectivity index (χ0n) is 15.9. The number of hydrogen-bond donors (Lipinski definition) is 0. The van der Waals surface area contributed by atoms with Gasteiger partial charge in [0.1, 0.15) is 11.4 Å². The molecule has 1 atom stereocenters. The average molecular weight is 369 g/mol. The number of esters is 1. The van der Waals surface area contributed by atoms with Crippen molar-refractivity contribution in [2.45, 2.75) is 62.9 Å². The molecule has 0 radical (unpaired) electrons. The molecule has 0 bridgehead atoms. The van der Waals surface area contributed by atoms with Crippen LogP contribution in [0.15, 0.2) is 30.3 Å². The Kier molecular flexibility index (Phi) is 4.57. The maximum atomic E-state index is 13.2. The van der Waals surface area contributed by atoms with Crippen molar-refractivity contribution >= 4 is 17.7 Å². The molecular weight excluding hydrogens is 342 g/mol. The molecule has 0 N–H and O–H groups in total. The molecule has 5 nitrogen and oxygen atoms in total. The zero-order chi connectivity index (χ0) is 19.1. The van der Waals surface area contributed by atoms with E-state index >= 15 is 0 Å². The van der Waals surface area contributed by atoms with Crippen LogP contribution >= 0.6 is 0 Å². The van der Waals surface area contributed by atoms with Gasteiger partial charge in [-0.3, -0.25) is 14.4 Å². The fourth-order valence-electron chi connectivity index (χ4n) is 5.36. The number of ether oxygens (including phenoxy) is 1. The van der Waals surface area contributed by atoms with Crippen LogP contribution in [0.1, 0.15) is 57.4 Å². The van der Waals surface area contributed by atoms with E-state index in [4.69, 9.17) is 4.74 Å². The summed E-state index contributed by atoms with van der Waals surface area (Å²) in [7, 11) is 0. The van der Waals surface area contributed by atoms with Crippen LogP contribution < -0.4 is 0 Å². The number of carbonyl (C=O) groups excluding carboxylic acids is 3. The Balaban J connectivity index is 1.51. The van der Waals surface area contributed by atoms with Crippen LogP contribution in [0.5, 0.6) is 0 Å². The van der Waals surface area contributed by atoms with Crippen LogP contribution in [-0.2, 0) is 24.5 Å². The largest absolute Gasteiger partial charge is 0.458 e. The third-order valence-electron chi connectivity index (χ3n) is 7.00. The predicted octanol–water partition coefficient (Wildman–Crippen LogP) is 3.01. The summed E-state index contributed by atoms with van der Waals surface area (Å²) in [6, 6.07) is 9.89. The molecule has 1 spiro atoms. The van der Waals surface area contributed by atoms with Crippen molar-refractivity contribution in [2.24, 2.45) is 5.92 Å². The van der Waals surface area contributed by atoms with E-state index in [1.165, 1.54) is 0 Å². The number of hydrogen-bond acceptors (Lipinski definition) is 4. The maximum absolute atomic E-state index is 13.2. The second-order valence-electron chi connectivity index (χ2n) is 8.33. The summed E-state index contributed by atoms with van der Waals surface area (Å²) >= 11 is 0. The first-order valence-corrected chi connectivity index (χ1v) is 10.0. The van der Waals surface area contributed by atoms with Crippen LogP contribution in [0.2, 0.25) is 0 Å². The second kappa shape index (κ2) is 6.77. The van der Waals surface area contributed by atoms with Gasteiger partial charge in [-0.25, -0.2) is 0 Å². The van der Waals surface area contributed by atoms with E-state index in [1.807, 2.05) is 35.2 Å². The molecule has 2 aliphatic heterocycles. The highest BCUT2D eigenvalue weighted by molar-refractivity contribution is 5.90. The summed E-state index contributed by atoms with van der Waals surface area (Å²) in [5.41, 5.74) is -0.0374. The maximum Gasteiger partial charge on any atom is 0.307 e. The van der Waals surface area contributed by atoms with E-state index in [-0.39, 0.29) is 30.0 Å². The number of likely N-dealkylation sites (tertiary alicyclic amines) is 1. The molecule has 1 saturated carbocycles. The van der Waals surface area contributed by atoms with Gasteiger partial charge in [-0.15, -0.1) is 0 Å². The van der Waals surface area contributed by atoms with Gasteiger partial charge < -0.3 is 9.64 Å². The van der Waals surface area contributed by atoms with Gasteiger partial charge in [-0.1, -0.05) is 30.3 Å². The van der Waals surface area contributed by atoms with Crippen LogP contribution in [0, 0.1) is 5.92 Å². The van der Waals surface area contributed by atoms with E-state index in [9.17, 15) is 14.4 Å². The van der Waals surface area contributed by atoms with E-state index < -0.39 is 11.0 Å². The molecule has 1 aromatic carbocycles. The fourth-order valence-corrected chi connectivity index (χ4v) is 5.36. The minimum absolute atomic E-state index is 0.0352. The number of nitrogens with zero attached hydrogens (tertiary/aromatic N) is 1. The molecule has 2 saturated heterocycles. The second-order valence-corrected chi connectivity index (χ2v) is 8.33. The molecule has 5 heteroatoms. The van der Waals surface area contributed by atoms with Crippen molar-refractivity contribution in [1.82, 2.24) is 4.90 Å². The average Bonchev–Trinajstić information content (AvgIpc) is 3.28. The third kappa shape index (κ3) is 2.97. The zero-order valence-corrected chi connectivity index (χ0v) is 15.9. The Hall–Kier alpha value is -2.17. The lowest BCUT2D eigenvalue weighted by molar-refractivity contribution is -0.152. The molecule has 144 valence electrons. The molecule has 3 fully saturated rings. The number of carbonyl (C=O) groups is 3. The topological polar surface area (TPSA) is 63.7 Å². The van der Waals surface area contributed by atoms with Crippen LogP contribution in [0.4, 0.5) is 0 Å². The first-order valence-electron chi connectivity index (χ1n) is 10.0. The molecule has 0 aromatic heterocycles. The summed E-state index contributed by atoms with van der Waals surface area (Å²) < 4.78 is 5.64. The van der Waals surface area contributed by atoms with Gasteiger partial charge in [0.2, 0.25) is 5.91 Å². The number of Topliss-reactive ketones (excluding diaryl/α,β-unsaturated/α-hetero) is 1. The highest BCUT2D eigenvalue weighted by atomic mass is 16.6. The molecule has 1 aromatic rings. The normalized spacial score (nSPS) is 26.2. The first kappa shape index (κ1) is 18.2. The number of benzene rings is 1. The highest BCUT2D eigenvalue weighted by Gasteiger charge is 2.55. The Bertz CT molecular complexity index is 743. The molecule has 4 rings (SSSR count). The molecule has 3 aliphatic rings. The van der Waals surface area contributed by atoms with Crippen molar-refractivity contribution in [2.75, 3.05) is 13.1 Å². The van der Waals surface area contributed by atoms with Crippen molar-refractivity contribution in [3.63, 3.8) is 0 Å². The SMILES string of the molecule is CC(=O)C1(c2ccccc2)CCN(C(=O)[C@H]2CC(=O)OC23CCCC3)CC1. The third-order valence-corrected chi connectivity index (χ3v) is 7.00. The Morgan fingerprint density at radius 2 is 1.67 bits per heavy atom. The van der Waals surface area contributed by atoms with Gasteiger partial charge >= 0.3 is 5.97 Å². The first-order chi connectivity index (χ1) is 13.0. The van der Waals surface area contributed by atoms with Crippen molar-refractivity contribution in [3.8, 4) is 0 Å². The number of rotatable bonds is 3. The molecule has 1 aliphatic carbocycles. The lowest BCUT2D eigenvalue weighted by Crippen LogP contribution is -2.52. The fraction of sp³-hybridized carbons (Fsp3) is 0.591. The van der Waals surface area contributed by atoms with E-state index in [2.05, 4.69) is 0 Å². The molecule has 0 unspecified atom stereocenters. The Morgan fingerprint density at radius 1 is 1.04 bits per heavy atom. The van der Waals surface area contributed by atoms with Gasteiger partial charge in [0.05, 0.1) is 17.8 Å². The number of piperidine rings is 1. The van der Waals surface area contributed by atoms with Crippen molar-refractivity contribution in [1.29, 1.82) is 0 Å². The quantitative estimate of drug-likeness (QED) is 0.769. The summed E-state index contributed by atoms with van der Waals surface area (Å²) in [6.45, 7) is 2.75. The molecule has 1 amide bonds. The van der Waals surface area contributed by atoms with Crippen molar-refractivity contribution in [3.05, 3.63) is 35.9 Å². The van der Waals surface area contributed by atoms with E-state index in [0.29, 0.717) is 25.9 Å². The minimum atomic E-state index is -0.567. The van der Waals surface area contributed by atoms with Gasteiger partial charge in [0.15, 0.2) is 0 Å². The van der Waals surface area contributed by atoms with E-state index in [1.54, 1.807) is 6.92 Å². The minimum Gasteiger partial charge on any atom is -0.458 e. The summed E-state index contributed by atoms with van der Waals surface area (Å²) in [5.74, 6) is -0.399. The van der Waals surface area contributed by atoms with Crippen LogP contribution in [0.3, 0.4) is 0 Å². The van der Waals surface area contributed by atoms with Crippen LogP contribution in [-0.4, -0.2) is 41.3 Å². The molecule has 2 heterocycles. The lowest BCUT2D eigenvalue weighted by Gasteiger charge is -2.42. The molecular formula is C22H27NO4. The number of ketones is 1. The van der Waals surface area contributed by atoms with Gasteiger partial charge in [-0.05, 0) is 51.0 Å². The van der Waals surface area contributed by atoms with E-state index in [0.717, 1.165) is 31.2 Å². The van der Waals surface area contributed by atoms with Crippen molar-refractivity contribution < 1.29 is 19.1 Å². The molecule has 27 heavy (non-hydrogen) atoms.